The van der Waals surface area contributed by atoms with Gasteiger partial charge in [-0.05, 0) is 38.3 Å². The predicted octanol–water partition coefficient (Wildman–Crippen LogP) is 0.0889. The second-order valence-electron chi connectivity index (χ2n) is 7.14. The van der Waals surface area contributed by atoms with Gasteiger partial charge >= 0.3 is 0 Å². The fourth-order valence-corrected chi connectivity index (χ4v) is 3.90. The van der Waals surface area contributed by atoms with Gasteiger partial charge in [-0.15, -0.1) is 0 Å². The van der Waals surface area contributed by atoms with Gasteiger partial charge in [-0.25, -0.2) is 0 Å². The van der Waals surface area contributed by atoms with Gasteiger partial charge in [0.15, 0.2) is 0 Å². The maximum absolute atomic E-state index is 12.8. The first kappa shape index (κ1) is 17.8. The van der Waals surface area contributed by atoms with E-state index in [9.17, 15) is 14.7 Å². The number of amides is 2. The Balaban J connectivity index is 1.57. The molecule has 1 aromatic heterocycles. The number of carbonyl (C=O) groups is 2. The first-order valence-corrected chi connectivity index (χ1v) is 8.90. The number of likely N-dealkylation sites (tertiary alicyclic amines) is 2. The van der Waals surface area contributed by atoms with Crippen molar-refractivity contribution in [2.24, 2.45) is 11.7 Å². The lowest BCUT2D eigenvalue weighted by Crippen LogP contribution is -2.50. The van der Waals surface area contributed by atoms with Crippen molar-refractivity contribution in [3.8, 4) is 0 Å². The number of aromatic nitrogens is 1. The molecule has 0 bridgehead atoms. The van der Waals surface area contributed by atoms with Gasteiger partial charge < -0.3 is 15.7 Å². The highest BCUT2D eigenvalue weighted by Crippen LogP contribution is 2.33. The molecule has 2 aliphatic heterocycles. The van der Waals surface area contributed by atoms with Crippen molar-refractivity contribution in [2.75, 3.05) is 32.7 Å². The third kappa shape index (κ3) is 4.16. The topological polar surface area (TPSA) is 99.8 Å². The molecule has 0 aromatic carbocycles. The lowest BCUT2D eigenvalue weighted by atomic mass is 9.84. The number of primary amides is 1. The summed E-state index contributed by atoms with van der Waals surface area (Å²) in [6, 6.07) is 3.70. The summed E-state index contributed by atoms with van der Waals surface area (Å²) in [5.41, 5.74) is 5.17. The van der Waals surface area contributed by atoms with Gasteiger partial charge in [0.2, 0.25) is 11.8 Å². The molecule has 1 atom stereocenters. The molecular weight excluding hydrogens is 320 g/mol. The van der Waals surface area contributed by atoms with E-state index in [0.717, 1.165) is 24.9 Å². The van der Waals surface area contributed by atoms with Crippen molar-refractivity contribution in [3.63, 3.8) is 0 Å². The summed E-state index contributed by atoms with van der Waals surface area (Å²) in [5.74, 6) is -0.312. The highest BCUT2D eigenvalue weighted by atomic mass is 16.3. The smallest absolute Gasteiger partial charge is 0.231 e. The normalized spacial score (nSPS) is 24.0. The molecule has 0 aliphatic carbocycles. The van der Waals surface area contributed by atoms with Crippen LogP contribution in [-0.2, 0) is 15.2 Å². The number of nitrogens with zero attached hydrogens (tertiary/aromatic N) is 3. The van der Waals surface area contributed by atoms with E-state index in [1.54, 1.807) is 12.4 Å². The van der Waals surface area contributed by atoms with Gasteiger partial charge in [-0.1, -0.05) is 6.07 Å². The molecular formula is C18H26N4O3. The van der Waals surface area contributed by atoms with Crippen molar-refractivity contribution in [1.29, 1.82) is 0 Å². The summed E-state index contributed by atoms with van der Waals surface area (Å²) < 4.78 is 0. The molecule has 25 heavy (non-hydrogen) atoms. The molecule has 2 aliphatic rings. The predicted molar refractivity (Wildman–Crippen MR) is 92.3 cm³/mol. The van der Waals surface area contributed by atoms with Crippen LogP contribution in [0.4, 0.5) is 0 Å². The van der Waals surface area contributed by atoms with E-state index in [0.29, 0.717) is 32.5 Å². The van der Waals surface area contributed by atoms with E-state index >= 15 is 0 Å². The Kier molecular flexibility index (Phi) is 5.34. The SMILES string of the molecule is NC(=O)CN1CCC[C@H](C(=O)N2CCC(O)(c3cccnc3)CC2)C1. The highest BCUT2D eigenvalue weighted by molar-refractivity contribution is 5.80. The summed E-state index contributed by atoms with van der Waals surface area (Å²) in [4.78, 5) is 31.8. The molecule has 2 fully saturated rings. The zero-order valence-corrected chi connectivity index (χ0v) is 14.4. The van der Waals surface area contributed by atoms with Crippen LogP contribution in [0.25, 0.3) is 0 Å². The molecule has 3 N–H and O–H groups in total. The number of nitrogens with two attached hydrogens (primary N) is 1. The number of carbonyl (C=O) groups excluding carboxylic acids is 2. The van der Waals surface area contributed by atoms with E-state index in [1.165, 1.54) is 0 Å². The summed E-state index contributed by atoms with van der Waals surface area (Å²) in [6.07, 6.45) is 6.16. The second-order valence-corrected chi connectivity index (χ2v) is 7.14. The molecule has 0 saturated carbocycles. The highest BCUT2D eigenvalue weighted by Gasteiger charge is 2.38. The van der Waals surface area contributed by atoms with E-state index in [-0.39, 0.29) is 24.3 Å². The Labute approximate surface area is 147 Å². The van der Waals surface area contributed by atoms with Crippen LogP contribution in [0, 0.1) is 5.92 Å². The van der Waals surface area contributed by atoms with Gasteiger partial charge in [-0.3, -0.25) is 19.5 Å². The van der Waals surface area contributed by atoms with Crippen molar-refractivity contribution >= 4 is 11.8 Å². The van der Waals surface area contributed by atoms with Crippen LogP contribution in [0.5, 0.6) is 0 Å². The van der Waals surface area contributed by atoms with E-state index < -0.39 is 5.60 Å². The zero-order chi connectivity index (χ0) is 17.9. The standard InChI is InChI=1S/C18H26N4O3/c19-16(23)13-21-8-2-3-14(12-21)17(24)22-9-5-18(25,6-10-22)15-4-1-7-20-11-15/h1,4,7,11,14,25H,2-3,5-6,8-10,12-13H2,(H2,19,23)/t14-/m0/s1. The van der Waals surface area contributed by atoms with Crippen LogP contribution >= 0.6 is 0 Å². The minimum atomic E-state index is -0.907. The second kappa shape index (κ2) is 7.49. The number of pyridine rings is 1. The molecule has 1 aromatic rings. The van der Waals surface area contributed by atoms with Crippen molar-refractivity contribution in [2.45, 2.75) is 31.3 Å². The average molecular weight is 346 g/mol. The summed E-state index contributed by atoms with van der Waals surface area (Å²) >= 11 is 0. The molecule has 7 nitrogen and oxygen atoms in total. The number of rotatable bonds is 4. The van der Waals surface area contributed by atoms with E-state index in [4.69, 9.17) is 5.73 Å². The van der Waals surface area contributed by atoms with Crippen LogP contribution in [0.15, 0.2) is 24.5 Å². The summed E-state index contributed by atoms with van der Waals surface area (Å²) in [5, 5.41) is 10.9. The van der Waals surface area contributed by atoms with Crippen LogP contribution in [0.2, 0.25) is 0 Å². The van der Waals surface area contributed by atoms with Gasteiger partial charge in [0.05, 0.1) is 18.1 Å². The van der Waals surface area contributed by atoms with Gasteiger partial charge in [0.1, 0.15) is 0 Å². The number of aliphatic hydroxyl groups is 1. The Morgan fingerprint density at radius 1 is 1.32 bits per heavy atom. The van der Waals surface area contributed by atoms with Crippen LogP contribution in [0.3, 0.4) is 0 Å². The van der Waals surface area contributed by atoms with Crippen LogP contribution < -0.4 is 5.73 Å². The fourth-order valence-electron chi connectivity index (χ4n) is 3.90. The van der Waals surface area contributed by atoms with Crippen molar-refractivity contribution in [3.05, 3.63) is 30.1 Å². The van der Waals surface area contributed by atoms with E-state index in [2.05, 4.69) is 4.98 Å². The first-order chi connectivity index (χ1) is 12.0. The summed E-state index contributed by atoms with van der Waals surface area (Å²) in [6.45, 7) is 2.69. The van der Waals surface area contributed by atoms with Gasteiger partial charge in [0, 0.05) is 37.6 Å². The Morgan fingerprint density at radius 2 is 2.08 bits per heavy atom. The maximum Gasteiger partial charge on any atom is 0.231 e. The Hall–Kier alpha value is -1.99. The van der Waals surface area contributed by atoms with Crippen LogP contribution in [-0.4, -0.2) is 64.4 Å². The molecule has 2 amide bonds. The lowest BCUT2D eigenvalue weighted by Gasteiger charge is -2.41. The first-order valence-electron chi connectivity index (χ1n) is 8.90. The largest absolute Gasteiger partial charge is 0.385 e. The third-order valence-corrected chi connectivity index (χ3v) is 5.34. The lowest BCUT2D eigenvalue weighted by molar-refractivity contribution is -0.142. The molecule has 0 unspecified atom stereocenters. The third-order valence-electron chi connectivity index (χ3n) is 5.34. The molecule has 0 spiro atoms. The molecule has 136 valence electrons. The molecule has 0 radical (unpaired) electrons. The number of piperidine rings is 2. The zero-order valence-electron chi connectivity index (χ0n) is 14.4. The van der Waals surface area contributed by atoms with Crippen molar-refractivity contribution in [1.82, 2.24) is 14.8 Å². The quantitative estimate of drug-likeness (QED) is 0.805. The number of hydrogen-bond acceptors (Lipinski definition) is 5. The van der Waals surface area contributed by atoms with Crippen molar-refractivity contribution < 1.29 is 14.7 Å². The molecule has 7 heteroatoms. The molecule has 2 saturated heterocycles. The molecule has 3 heterocycles. The Bertz CT molecular complexity index is 614. The summed E-state index contributed by atoms with van der Waals surface area (Å²) in [7, 11) is 0. The van der Waals surface area contributed by atoms with Crippen LogP contribution in [0.1, 0.15) is 31.2 Å². The monoisotopic (exact) mass is 346 g/mol. The van der Waals surface area contributed by atoms with E-state index in [1.807, 2.05) is 21.9 Å². The van der Waals surface area contributed by atoms with Gasteiger partial charge in [0.25, 0.3) is 0 Å². The minimum Gasteiger partial charge on any atom is -0.385 e. The minimum absolute atomic E-state index is 0.0855. The average Bonchev–Trinajstić information content (AvgIpc) is 2.62. The number of hydrogen-bond donors (Lipinski definition) is 2. The maximum atomic E-state index is 12.8. The van der Waals surface area contributed by atoms with Gasteiger partial charge in [-0.2, -0.15) is 0 Å². The fraction of sp³-hybridized carbons (Fsp3) is 0.611. The molecule has 3 rings (SSSR count). The Morgan fingerprint density at radius 3 is 2.72 bits per heavy atom.